The molecule has 0 saturated heterocycles. The SMILES string of the molecule is NC(CC(=O)O)c1ccc(F)cc1[N+](=O)[O-].O=C(O)Cc1[nH]nc2cc(F)ccc12. The van der Waals surface area contributed by atoms with Gasteiger partial charge in [-0.25, -0.2) is 8.78 Å². The molecule has 0 radical (unpaired) electrons. The second-order valence-electron chi connectivity index (χ2n) is 6.10. The zero-order chi connectivity index (χ0) is 22.4. The van der Waals surface area contributed by atoms with Gasteiger partial charge in [-0.15, -0.1) is 0 Å². The van der Waals surface area contributed by atoms with Crippen LogP contribution in [0.5, 0.6) is 0 Å². The number of nitro benzene ring substituents is 1. The maximum atomic E-state index is 12.8. The fourth-order valence-electron chi connectivity index (χ4n) is 2.61. The number of nitrogens with zero attached hydrogens (tertiary/aromatic N) is 2. The number of carboxylic acid groups (broad SMARTS) is 2. The van der Waals surface area contributed by atoms with Crippen LogP contribution in [0.4, 0.5) is 14.5 Å². The molecule has 1 heterocycles. The van der Waals surface area contributed by atoms with E-state index in [1.807, 2.05) is 0 Å². The first kappa shape index (κ1) is 22.4. The minimum atomic E-state index is -1.17. The molecule has 0 bridgehead atoms. The Hall–Kier alpha value is -3.93. The van der Waals surface area contributed by atoms with Crippen molar-refractivity contribution in [2.45, 2.75) is 18.9 Å². The standard InChI is InChI=1S/C9H9FN2O4.C9H7FN2O2/c10-5-1-2-6(7(11)4-9(13)14)8(3-5)12(15)16;10-5-1-2-6-7(3-5)11-12-8(6)4-9(13)14/h1-3,7H,4,11H2,(H,13,14);1-3H,4H2,(H,11,12)(H,13,14). The molecular weight excluding hydrogens is 406 g/mol. The van der Waals surface area contributed by atoms with E-state index in [-0.39, 0.29) is 17.8 Å². The van der Waals surface area contributed by atoms with E-state index < -0.39 is 40.8 Å². The number of hydrogen-bond donors (Lipinski definition) is 4. The van der Waals surface area contributed by atoms with Crippen LogP contribution in [0, 0.1) is 21.7 Å². The number of nitrogens with two attached hydrogens (primary N) is 1. The highest BCUT2D eigenvalue weighted by Gasteiger charge is 2.21. The molecule has 0 amide bonds. The summed E-state index contributed by atoms with van der Waals surface area (Å²) < 4.78 is 25.5. The van der Waals surface area contributed by atoms with Gasteiger partial charge in [0.15, 0.2) is 0 Å². The Bertz CT molecular complexity index is 1100. The summed E-state index contributed by atoms with van der Waals surface area (Å²) in [6.07, 6.45) is -0.589. The van der Waals surface area contributed by atoms with E-state index in [0.29, 0.717) is 16.6 Å². The molecular formula is C18H16F2N4O6. The number of nitro groups is 1. The number of fused-ring (bicyclic) bond motifs is 1. The molecule has 0 aliphatic carbocycles. The van der Waals surface area contributed by atoms with Gasteiger partial charge in [0.25, 0.3) is 5.69 Å². The van der Waals surface area contributed by atoms with Crippen LogP contribution in [0.2, 0.25) is 0 Å². The molecule has 0 saturated carbocycles. The van der Waals surface area contributed by atoms with Gasteiger partial charge in [-0.1, -0.05) is 0 Å². The number of halogens is 2. The third-order valence-electron chi connectivity index (χ3n) is 3.91. The van der Waals surface area contributed by atoms with E-state index in [1.54, 1.807) is 0 Å². The topological polar surface area (TPSA) is 172 Å². The number of carboxylic acids is 2. The van der Waals surface area contributed by atoms with Crippen molar-refractivity contribution < 1.29 is 33.5 Å². The van der Waals surface area contributed by atoms with Crippen LogP contribution >= 0.6 is 0 Å². The van der Waals surface area contributed by atoms with Gasteiger partial charge >= 0.3 is 11.9 Å². The molecule has 2 aromatic carbocycles. The molecule has 0 aliphatic rings. The first-order valence-electron chi connectivity index (χ1n) is 8.34. The Morgan fingerprint density at radius 2 is 1.77 bits per heavy atom. The second kappa shape index (κ2) is 9.52. The molecule has 12 heteroatoms. The van der Waals surface area contributed by atoms with Gasteiger partial charge in [0.1, 0.15) is 11.6 Å². The largest absolute Gasteiger partial charge is 0.481 e. The molecule has 3 rings (SSSR count). The number of nitrogens with one attached hydrogen (secondary N) is 1. The van der Waals surface area contributed by atoms with Crippen molar-refractivity contribution in [3.05, 3.63) is 69.4 Å². The van der Waals surface area contributed by atoms with Crippen molar-refractivity contribution in [1.82, 2.24) is 10.2 Å². The Balaban J connectivity index is 0.000000215. The molecule has 0 spiro atoms. The lowest BCUT2D eigenvalue weighted by molar-refractivity contribution is -0.385. The highest BCUT2D eigenvalue weighted by molar-refractivity contribution is 5.85. The van der Waals surface area contributed by atoms with E-state index in [0.717, 1.165) is 18.2 Å². The van der Waals surface area contributed by atoms with E-state index >= 15 is 0 Å². The lowest BCUT2D eigenvalue weighted by atomic mass is 10.0. The van der Waals surface area contributed by atoms with Gasteiger partial charge in [-0.2, -0.15) is 5.10 Å². The molecule has 1 aromatic heterocycles. The average Bonchev–Trinajstić information content (AvgIpc) is 3.02. The lowest BCUT2D eigenvalue weighted by Crippen LogP contribution is -2.16. The predicted molar refractivity (Wildman–Crippen MR) is 99.6 cm³/mol. The second-order valence-corrected chi connectivity index (χ2v) is 6.10. The van der Waals surface area contributed by atoms with Gasteiger partial charge in [0, 0.05) is 23.1 Å². The maximum Gasteiger partial charge on any atom is 0.309 e. The molecule has 1 unspecified atom stereocenters. The zero-order valence-electron chi connectivity index (χ0n) is 15.2. The Labute approximate surface area is 167 Å². The number of aromatic nitrogens is 2. The first-order chi connectivity index (χ1) is 14.1. The number of carbonyl (C=O) groups is 2. The van der Waals surface area contributed by atoms with E-state index in [4.69, 9.17) is 15.9 Å². The fraction of sp³-hybridized carbons (Fsp3) is 0.167. The summed E-state index contributed by atoms with van der Waals surface area (Å²) in [4.78, 5) is 30.7. The Morgan fingerprint density at radius 3 is 2.37 bits per heavy atom. The van der Waals surface area contributed by atoms with Crippen LogP contribution in [0.1, 0.15) is 23.7 Å². The number of aromatic amines is 1. The fourth-order valence-corrected chi connectivity index (χ4v) is 2.61. The molecule has 10 nitrogen and oxygen atoms in total. The van der Waals surface area contributed by atoms with Gasteiger partial charge in [-0.05, 0) is 24.3 Å². The molecule has 0 fully saturated rings. The van der Waals surface area contributed by atoms with Crippen molar-refractivity contribution in [3.63, 3.8) is 0 Å². The molecule has 5 N–H and O–H groups in total. The average molecular weight is 422 g/mol. The number of hydrogen-bond acceptors (Lipinski definition) is 6. The van der Waals surface area contributed by atoms with Gasteiger partial charge in [0.2, 0.25) is 0 Å². The third kappa shape index (κ3) is 5.78. The minimum absolute atomic E-state index is 0.00815. The number of H-pyrrole nitrogens is 1. The monoisotopic (exact) mass is 422 g/mol. The number of aliphatic carboxylic acids is 2. The van der Waals surface area contributed by atoms with Crippen molar-refractivity contribution in [2.75, 3.05) is 0 Å². The zero-order valence-corrected chi connectivity index (χ0v) is 15.2. The highest BCUT2D eigenvalue weighted by atomic mass is 19.1. The van der Waals surface area contributed by atoms with Crippen LogP contribution in [0.25, 0.3) is 10.9 Å². The lowest BCUT2D eigenvalue weighted by Gasteiger charge is -2.09. The first-order valence-corrected chi connectivity index (χ1v) is 8.34. The van der Waals surface area contributed by atoms with Crippen LogP contribution in [-0.4, -0.2) is 37.3 Å². The number of rotatable bonds is 6. The van der Waals surface area contributed by atoms with Gasteiger partial charge in [0.05, 0.1) is 35.0 Å². The smallest absolute Gasteiger partial charge is 0.309 e. The van der Waals surface area contributed by atoms with Gasteiger partial charge in [-0.3, -0.25) is 24.8 Å². The predicted octanol–water partition coefficient (Wildman–Crippen LogP) is 2.54. The van der Waals surface area contributed by atoms with Crippen molar-refractivity contribution in [1.29, 1.82) is 0 Å². The summed E-state index contributed by atoms with van der Waals surface area (Å²) in [5.41, 5.74) is 5.92. The third-order valence-corrected chi connectivity index (χ3v) is 3.91. The molecule has 30 heavy (non-hydrogen) atoms. The molecule has 158 valence electrons. The van der Waals surface area contributed by atoms with Crippen LogP contribution in [0.15, 0.2) is 36.4 Å². The summed E-state index contributed by atoms with van der Waals surface area (Å²) in [6, 6.07) is 5.88. The minimum Gasteiger partial charge on any atom is -0.481 e. The molecule has 0 aliphatic heterocycles. The van der Waals surface area contributed by atoms with E-state index in [2.05, 4.69) is 10.2 Å². The van der Waals surface area contributed by atoms with Crippen LogP contribution in [-0.2, 0) is 16.0 Å². The van der Waals surface area contributed by atoms with E-state index in [9.17, 15) is 28.5 Å². The van der Waals surface area contributed by atoms with Gasteiger partial charge < -0.3 is 15.9 Å². The maximum absolute atomic E-state index is 12.8. The summed E-state index contributed by atoms with van der Waals surface area (Å²) in [5, 5.41) is 34.7. The quantitative estimate of drug-likeness (QED) is 0.346. The summed E-state index contributed by atoms with van der Waals surface area (Å²) in [5.74, 6) is -3.27. The molecule has 3 aromatic rings. The van der Waals surface area contributed by atoms with Crippen LogP contribution < -0.4 is 5.73 Å². The Kier molecular flexibility index (Phi) is 7.09. The van der Waals surface area contributed by atoms with E-state index in [1.165, 1.54) is 18.2 Å². The molecule has 1 atom stereocenters. The van der Waals surface area contributed by atoms with Crippen molar-refractivity contribution in [2.24, 2.45) is 5.73 Å². The number of benzene rings is 2. The normalized spacial score (nSPS) is 11.4. The van der Waals surface area contributed by atoms with Crippen molar-refractivity contribution >= 4 is 28.5 Å². The Morgan fingerprint density at radius 1 is 1.13 bits per heavy atom. The van der Waals surface area contributed by atoms with Crippen molar-refractivity contribution in [3.8, 4) is 0 Å². The summed E-state index contributed by atoms with van der Waals surface area (Å²) >= 11 is 0. The highest BCUT2D eigenvalue weighted by Crippen LogP contribution is 2.26. The summed E-state index contributed by atoms with van der Waals surface area (Å²) in [6.45, 7) is 0. The van der Waals surface area contributed by atoms with Crippen LogP contribution in [0.3, 0.4) is 0 Å². The summed E-state index contributed by atoms with van der Waals surface area (Å²) in [7, 11) is 0.